The third-order valence-corrected chi connectivity index (χ3v) is 7.74. The molecule has 0 saturated carbocycles. The molecule has 0 aromatic carbocycles. The van der Waals surface area contributed by atoms with E-state index in [0.29, 0.717) is 12.8 Å². The van der Waals surface area contributed by atoms with Gasteiger partial charge in [-0.15, -0.1) is 11.6 Å². The molecule has 10 atom stereocenters. The molecule has 30 heavy (non-hydrogen) atoms. The Morgan fingerprint density at radius 1 is 1.13 bits per heavy atom. The van der Waals surface area contributed by atoms with Crippen LogP contribution in [0.3, 0.4) is 0 Å². The van der Waals surface area contributed by atoms with Gasteiger partial charge in [0.25, 0.3) is 0 Å². The summed E-state index contributed by atoms with van der Waals surface area (Å²) in [4.78, 5) is 11.7. The van der Waals surface area contributed by atoms with E-state index < -0.39 is 5.79 Å². The molecule has 0 aliphatic carbocycles. The van der Waals surface area contributed by atoms with Crippen molar-refractivity contribution in [3.05, 3.63) is 10.2 Å². The van der Waals surface area contributed by atoms with Crippen LogP contribution in [-0.2, 0) is 33.2 Å². The Morgan fingerprint density at radius 3 is 2.63 bits per heavy atom. The van der Waals surface area contributed by atoms with Gasteiger partial charge in [-0.2, -0.15) is 0 Å². The number of hydrogen-bond donors (Lipinski definition) is 0. The van der Waals surface area contributed by atoms with Crippen molar-refractivity contribution in [3.63, 3.8) is 0 Å². The number of fused-ring (bicyclic) bond motifs is 1. The zero-order valence-electron chi connectivity index (χ0n) is 17.0. The van der Waals surface area contributed by atoms with E-state index in [2.05, 4.69) is 29.2 Å². The first kappa shape index (κ1) is 21.9. The molecule has 6 fully saturated rings. The number of ether oxygens (including phenoxy) is 6. The Labute approximate surface area is 195 Å². The number of methoxy groups -OCH3 is 1. The van der Waals surface area contributed by atoms with Crippen LogP contribution in [0.4, 0.5) is 0 Å². The second-order valence-electron chi connectivity index (χ2n) is 9.00. The number of alkyl halides is 1. The SMILES string of the molecule is C=C(I)C[C@H](Cl)CC[C@@]12C[C@H]3OC4C(O1)[C@H]1OC(CC(=O)OC)CC[C@@H]1OC4[C@H]3O2. The minimum atomic E-state index is -0.722. The molecular weight excluding hydrogens is 527 g/mol. The van der Waals surface area contributed by atoms with E-state index in [4.69, 9.17) is 40.0 Å². The van der Waals surface area contributed by atoms with E-state index >= 15 is 0 Å². The largest absolute Gasteiger partial charge is 0.469 e. The van der Waals surface area contributed by atoms with Crippen molar-refractivity contribution in [1.29, 1.82) is 0 Å². The Morgan fingerprint density at radius 2 is 1.87 bits per heavy atom. The van der Waals surface area contributed by atoms with Gasteiger partial charge in [0, 0.05) is 18.2 Å². The fraction of sp³-hybridized carbons (Fsp3) is 0.857. The summed E-state index contributed by atoms with van der Waals surface area (Å²) in [6, 6.07) is 0. The van der Waals surface area contributed by atoms with E-state index in [9.17, 15) is 4.79 Å². The quantitative estimate of drug-likeness (QED) is 0.272. The second kappa shape index (κ2) is 8.43. The normalized spacial score (nSPS) is 46.9. The third kappa shape index (κ3) is 3.95. The highest BCUT2D eigenvalue weighted by Crippen LogP contribution is 2.54. The molecule has 0 aromatic heterocycles. The van der Waals surface area contributed by atoms with E-state index in [1.54, 1.807) is 0 Å². The number of rotatable bonds is 7. The van der Waals surface area contributed by atoms with Crippen molar-refractivity contribution in [2.45, 2.75) is 105 Å². The molecule has 0 spiro atoms. The summed E-state index contributed by atoms with van der Waals surface area (Å²) >= 11 is 8.73. The predicted octanol–water partition coefficient (Wildman–Crippen LogP) is 3.24. The van der Waals surface area contributed by atoms with E-state index in [0.717, 1.165) is 29.3 Å². The fourth-order valence-electron chi connectivity index (χ4n) is 5.62. The lowest BCUT2D eigenvalue weighted by molar-refractivity contribution is -0.292. The minimum Gasteiger partial charge on any atom is -0.469 e. The molecule has 7 nitrogen and oxygen atoms in total. The molecule has 0 aromatic rings. The zero-order chi connectivity index (χ0) is 21.0. The molecule has 168 valence electrons. The molecule has 0 amide bonds. The van der Waals surface area contributed by atoms with Crippen molar-refractivity contribution < 1.29 is 33.2 Å². The number of esters is 1. The first-order chi connectivity index (χ1) is 14.4. The van der Waals surface area contributed by atoms with Crippen LogP contribution in [0.1, 0.15) is 44.9 Å². The predicted molar refractivity (Wildman–Crippen MR) is 116 cm³/mol. The molecular formula is C21H28ClIO7. The van der Waals surface area contributed by atoms with Gasteiger partial charge in [0.2, 0.25) is 0 Å². The van der Waals surface area contributed by atoms with E-state index in [1.165, 1.54) is 7.11 Å². The third-order valence-electron chi connectivity index (χ3n) is 6.93. The van der Waals surface area contributed by atoms with Crippen LogP contribution in [0.25, 0.3) is 0 Å². The van der Waals surface area contributed by atoms with Crippen molar-refractivity contribution in [3.8, 4) is 0 Å². The van der Waals surface area contributed by atoms with E-state index in [1.807, 2.05) is 0 Å². The fourth-order valence-corrected chi connectivity index (χ4v) is 6.70. The number of hydrogen-bond acceptors (Lipinski definition) is 7. The van der Waals surface area contributed by atoms with Crippen LogP contribution in [0.15, 0.2) is 10.2 Å². The van der Waals surface area contributed by atoms with Crippen molar-refractivity contribution in [2.75, 3.05) is 7.11 Å². The second-order valence-corrected chi connectivity index (χ2v) is 11.1. The lowest BCUT2D eigenvalue weighted by Crippen LogP contribution is -2.61. The van der Waals surface area contributed by atoms with Crippen LogP contribution in [0.2, 0.25) is 0 Å². The Hall–Kier alpha value is 0.0300. The maximum atomic E-state index is 11.7. The summed E-state index contributed by atoms with van der Waals surface area (Å²) < 4.78 is 38.1. The van der Waals surface area contributed by atoms with Crippen LogP contribution >= 0.6 is 34.2 Å². The molecule has 0 radical (unpaired) electrons. The number of allylic oxidation sites excluding steroid dienone is 1. The van der Waals surface area contributed by atoms with Gasteiger partial charge < -0.3 is 28.4 Å². The molecule has 6 heterocycles. The number of halogens is 2. The summed E-state index contributed by atoms with van der Waals surface area (Å²) in [7, 11) is 1.40. The smallest absolute Gasteiger partial charge is 0.308 e. The molecule has 0 N–H and O–H groups in total. The highest BCUT2D eigenvalue weighted by atomic mass is 127. The summed E-state index contributed by atoms with van der Waals surface area (Å²) in [5, 5.41) is -0.00654. The van der Waals surface area contributed by atoms with Crippen LogP contribution < -0.4 is 0 Å². The standard InChI is InChI=1S/C21H28ClIO7/c1-10(23)7-11(22)5-6-21-9-14-17(29-21)18-19(28-14)20(30-21)16-13(27-18)4-3-12(26-16)8-15(24)25-2/h11-14,16-20H,1,3-9H2,2H3/t11-,12?,13+,14-,16+,17+,18?,19?,20?,21+/m1/s1. The van der Waals surface area contributed by atoms with Crippen LogP contribution in [-0.4, -0.2) is 73.1 Å². The Kier molecular flexibility index (Phi) is 6.14. The molecule has 6 rings (SSSR count). The number of carbonyl (C=O) groups excluding carboxylic acids is 1. The van der Waals surface area contributed by atoms with Crippen molar-refractivity contribution in [1.82, 2.24) is 0 Å². The van der Waals surface area contributed by atoms with Crippen molar-refractivity contribution in [2.24, 2.45) is 0 Å². The van der Waals surface area contributed by atoms with Gasteiger partial charge in [-0.3, -0.25) is 4.79 Å². The highest BCUT2D eigenvalue weighted by Gasteiger charge is 2.68. The van der Waals surface area contributed by atoms with Gasteiger partial charge in [-0.05, 0) is 51.9 Å². The van der Waals surface area contributed by atoms with Crippen LogP contribution in [0.5, 0.6) is 0 Å². The molecule has 4 unspecified atom stereocenters. The van der Waals surface area contributed by atoms with Gasteiger partial charge in [0.1, 0.15) is 30.5 Å². The summed E-state index contributed by atoms with van der Waals surface area (Å²) in [5.74, 6) is -0.987. The summed E-state index contributed by atoms with van der Waals surface area (Å²) in [6.45, 7) is 3.95. The first-order valence-electron chi connectivity index (χ1n) is 10.7. The zero-order valence-corrected chi connectivity index (χ0v) is 19.9. The minimum absolute atomic E-state index is 0.00654. The van der Waals surface area contributed by atoms with Gasteiger partial charge in [0.05, 0.1) is 31.8 Å². The van der Waals surface area contributed by atoms with Crippen LogP contribution in [0, 0.1) is 0 Å². The Bertz CT molecular complexity index is 707. The topological polar surface area (TPSA) is 72.5 Å². The van der Waals surface area contributed by atoms with Crippen molar-refractivity contribution >= 4 is 40.2 Å². The summed E-state index contributed by atoms with van der Waals surface area (Å²) in [5.41, 5.74) is 0. The van der Waals surface area contributed by atoms with Gasteiger partial charge in [-0.1, -0.05) is 6.58 Å². The molecule has 6 aliphatic rings. The van der Waals surface area contributed by atoms with Gasteiger partial charge in [-0.25, -0.2) is 0 Å². The highest BCUT2D eigenvalue weighted by molar-refractivity contribution is 14.1. The number of carbonyl (C=O) groups is 1. The average Bonchev–Trinajstić information content (AvgIpc) is 3.11. The average molecular weight is 555 g/mol. The summed E-state index contributed by atoms with van der Waals surface area (Å²) in [6.07, 6.45) is 3.43. The van der Waals surface area contributed by atoms with Gasteiger partial charge >= 0.3 is 5.97 Å². The lowest BCUT2D eigenvalue weighted by atomic mass is 9.87. The monoisotopic (exact) mass is 554 g/mol. The molecule has 6 bridgehead atoms. The Balaban J connectivity index is 1.32. The molecule has 6 saturated heterocycles. The van der Waals surface area contributed by atoms with E-state index in [-0.39, 0.29) is 66.6 Å². The molecule has 9 heteroatoms. The van der Waals surface area contributed by atoms with Gasteiger partial charge in [0.15, 0.2) is 5.79 Å². The maximum Gasteiger partial charge on any atom is 0.308 e. The lowest BCUT2D eigenvalue weighted by Gasteiger charge is -2.47. The first-order valence-corrected chi connectivity index (χ1v) is 12.3. The maximum absolute atomic E-state index is 11.7. The molecule has 6 aliphatic heterocycles.